The van der Waals surface area contributed by atoms with Crippen molar-refractivity contribution in [2.75, 3.05) is 18.1 Å². The highest BCUT2D eigenvalue weighted by molar-refractivity contribution is 7.22. The highest BCUT2D eigenvalue weighted by Gasteiger charge is 2.27. The number of thiazole rings is 1. The van der Waals surface area contributed by atoms with Gasteiger partial charge in [0.25, 0.3) is 5.91 Å². The summed E-state index contributed by atoms with van der Waals surface area (Å²) in [6, 6.07) is 8.06. The monoisotopic (exact) mass is 372 g/mol. The number of amides is 1. The van der Waals surface area contributed by atoms with E-state index in [-0.39, 0.29) is 12.0 Å². The minimum absolute atomic E-state index is 0.0129. The first-order valence-electron chi connectivity index (χ1n) is 8.46. The van der Waals surface area contributed by atoms with Crippen molar-refractivity contribution in [3.8, 4) is 0 Å². The van der Waals surface area contributed by atoms with E-state index in [9.17, 15) is 4.79 Å². The van der Waals surface area contributed by atoms with Crippen LogP contribution in [-0.4, -0.2) is 30.1 Å². The summed E-state index contributed by atoms with van der Waals surface area (Å²) < 4.78 is 6.90. The van der Waals surface area contributed by atoms with E-state index in [1.807, 2.05) is 17.5 Å². The van der Waals surface area contributed by atoms with Gasteiger partial charge in [0.2, 0.25) is 0 Å². The SMILES string of the molecule is Cc1cc(C)c2nc(N(CC3CCCO3)C(=O)c3cccs3)sc2c1. The van der Waals surface area contributed by atoms with Crippen molar-refractivity contribution in [3.63, 3.8) is 0 Å². The third-order valence-electron chi connectivity index (χ3n) is 4.44. The Hall–Kier alpha value is -1.76. The van der Waals surface area contributed by atoms with E-state index in [1.165, 1.54) is 16.9 Å². The van der Waals surface area contributed by atoms with Crippen LogP contribution in [0.5, 0.6) is 0 Å². The van der Waals surface area contributed by atoms with Gasteiger partial charge in [0.05, 0.1) is 27.7 Å². The number of aryl methyl sites for hydroxylation is 2. The number of ether oxygens (including phenoxy) is 1. The molecule has 25 heavy (non-hydrogen) atoms. The van der Waals surface area contributed by atoms with Gasteiger partial charge in [0.1, 0.15) is 0 Å². The van der Waals surface area contributed by atoms with Crippen LogP contribution in [0.2, 0.25) is 0 Å². The fourth-order valence-electron chi connectivity index (χ4n) is 3.25. The summed E-state index contributed by atoms with van der Waals surface area (Å²) in [5.41, 5.74) is 3.36. The average Bonchev–Trinajstić information content (AvgIpc) is 3.32. The van der Waals surface area contributed by atoms with Crippen LogP contribution in [0.25, 0.3) is 10.2 Å². The van der Waals surface area contributed by atoms with Gasteiger partial charge in [-0.2, -0.15) is 0 Å². The van der Waals surface area contributed by atoms with Gasteiger partial charge in [-0.25, -0.2) is 4.98 Å². The van der Waals surface area contributed by atoms with E-state index in [0.29, 0.717) is 6.54 Å². The first-order valence-corrected chi connectivity index (χ1v) is 10.2. The predicted octanol–water partition coefficient (Wildman–Crippen LogP) is 4.80. The van der Waals surface area contributed by atoms with Crippen molar-refractivity contribution in [2.45, 2.75) is 32.8 Å². The second-order valence-electron chi connectivity index (χ2n) is 6.45. The van der Waals surface area contributed by atoms with Gasteiger partial charge in [-0.3, -0.25) is 9.69 Å². The molecule has 1 atom stereocenters. The van der Waals surface area contributed by atoms with Crippen LogP contribution in [0.3, 0.4) is 0 Å². The molecule has 0 bridgehead atoms. The first-order chi connectivity index (χ1) is 12.1. The lowest BCUT2D eigenvalue weighted by Crippen LogP contribution is -2.37. The van der Waals surface area contributed by atoms with Crippen molar-refractivity contribution >= 4 is 43.9 Å². The van der Waals surface area contributed by atoms with Gasteiger partial charge in [-0.1, -0.05) is 23.5 Å². The highest BCUT2D eigenvalue weighted by atomic mass is 32.1. The van der Waals surface area contributed by atoms with E-state index in [2.05, 4.69) is 26.0 Å². The lowest BCUT2D eigenvalue weighted by atomic mass is 10.1. The van der Waals surface area contributed by atoms with Gasteiger partial charge in [0, 0.05) is 6.61 Å². The van der Waals surface area contributed by atoms with Crippen LogP contribution in [0, 0.1) is 13.8 Å². The number of carbonyl (C=O) groups excluding carboxylic acids is 1. The Kier molecular flexibility index (Phi) is 4.58. The smallest absolute Gasteiger partial charge is 0.270 e. The normalized spacial score (nSPS) is 17.3. The van der Waals surface area contributed by atoms with E-state index < -0.39 is 0 Å². The molecule has 0 N–H and O–H groups in total. The number of aromatic nitrogens is 1. The molecule has 0 saturated carbocycles. The summed E-state index contributed by atoms with van der Waals surface area (Å²) in [5.74, 6) is 0.0129. The summed E-state index contributed by atoms with van der Waals surface area (Å²) in [7, 11) is 0. The van der Waals surface area contributed by atoms with Gasteiger partial charge < -0.3 is 4.74 Å². The number of carbonyl (C=O) groups is 1. The van der Waals surface area contributed by atoms with E-state index in [1.54, 1.807) is 16.2 Å². The molecule has 4 rings (SSSR count). The molecule has 1 amide bonds. The molecule has 1 fully saturated rings. The molecule has 1 aromatic carbocycles. The minimum Gasteiger partial charge on any atom is -0.376 e. The zero-order valence-corrected chi connectivity index (χ0v) is 16.0. The Bertz CT molecular complexity index is 896. The summed E-state index contributed by atoms with van der Waals surface area (Å²) in [6.45, 7) is 5.51. The predicted molar refractivity (Wildman–Crippen MR) is 104 cm³/mol. The van der Waals surface area contributed by atoms with Gasteiger partial charge in [0.15, 0.2) is 5.13 Å². The highest BCUT2D eigenvalue weighted by Crippen LogP contribution is 2.33. The number of hydrogen-bond acceptors (Lipinski definition) is 5. The molecule has 3 aromatic rings. The Labute approximate surface area is 155 Å². The Balaban J connectivity index is 1.74. The van der Waals surface area contributed by atoms with E-state index in [4.69, 9.17) is 9.72 Å². The third-order valence-corrected chi connectivity index (χ3v) is 6.32. The fraction of sp³-hybridized carbons (Fsp3) is 0.368. The summed E-state index contributed by atoms with van der Waals surface area (Å²) in [5, 5.41) is 2.70. The molecule has 1 unspecified atom stereocenters. The third kappa shape index (κ3) is 3.34. The number of hydrogen-bond donors (Lipinski definition) is 0. The van der Waals surface area contributed by atoms with Crippen LogP contribution < -0.4 is 4.90 Å². The number of nitrogens with zero attached hydrogens (tertiary/aromatic N) is 2. The van der Waals surface area contributed by atoms with Crippen molar-refractivity contribution in [3.05, 3.63) is 45.6 Å². The minimum atomic E-state index is 0.0129. The second-order valence-corrected chi connectivity index (χ2v) is 8.41. The van der Waals surface area contributed by atoms with Crippen molar-refractivity contribution < 1.29 is 9.53 Å². The zero-order valence-electron chi connectivity index (χ0n) is 14.3. The number of anilines is 1. The van der Waals surface area contributed by atoms with Crippen LogP contribution >= 0.6 is 22.7 Å². The largest absolute Gasteiger partial charge is 0.376 e. The Morgan fingerprint density at radius 2 is 2.28 bits per heavy atom. The molecule has 0 radical (unpaired) electrons. The summed E-state index contributed by atoms with van der Waals surface area (Å²) in [6.07, 6.45) is 2.15. The van der Waals surface area contributed by atoms with E-state index in [0.717, 1.165) is 45.2 Å². The standard InChI is InChI=1S/C19H20N2O2S2/c1-12-9-13(2)17-16(10-12)25-19(20-17)21(11-14-5-3-7-23-14)18(22)15-6-4-8-24-15/h4,6,8-10,14H,3,5,7,11H2,1-2H3. The average molecular weight is 373 g/mol. The Morgan fingerprint density at radius 1 is 1.40 bits per heavy atom. The molecule has 6 heteroatoms. The van der Waals surface area contributed by atoms with Crippen LogP contribution in [0.1, 0.15) is 33.6 Å². The van der Waals surface area contributed by atoms with Crippen molar-refractivity contribution in [1.29, 1.82) is 0 Å². The molecule has 130 valence electrons. The quantitative estimate of drug-likeness (QED) is 0.661. The topological polar surface area (TPSA) is 42.4 Å². The van der Waals surface area contributed by atoms with Gasteiger partial charge in [-0.15, -0.1) is 11.3 Å². The molecule has 4 nitrogen and oxygen atoms in total. The number of rotatable bonds is 4. The summed E-state index contributed by atoms with van der Waals surface area (Å²) >= 11 is 3.05. The molecule has 1 aliphatic heterocycles. The molecule has 2 aromatic heterocycles. The maximum atomic E-state index is 13.1. The summed E-state index contributed by atoms with van der Waals surface area (Å²) in [4.78, 5) is 20.4. The molecule has 0 aliphatic carbocycles. The lowest BCUT2D eigenvalue weighted by molar-refractivity contribution is 0.0920. The van der Waals surface area contributed by atoms with Crippen LogP contribution in [0.15, 0.2) is 29.6 Å². The molecular weight excluding hydrogens is 352 g/mol. The lowest BCUT2D eigenvalue weighted by Gasteiger charge is -2.22. The number of fused-ring (bicyclic) bond motifs is 1. The zero-order chi connectivity index (χ0) is 17.4. The van der Waals surface area contributed by atoms with Crippen molar-refractivity contribution in [2.24, 2.45) is 0 Å². The Morgan fingerprint density at radius 3 is 3.00 bits per heavy atom. The van der Waals surface area contributed by atoms with Gasteiger partial charge in [-0.05, 0) is 55.3 Å². The molecule has 0 spiro atoms. The maximum Gasteiger partial charge on any atom is 0.270 e. The molecule has 3 heterocycles. The van der Waals surface area contributed by atoms with Crippen molar-refractivity contribution in [1.82, 2.24) is 4.98 Å². The van der Waals surface area contributed by atoms with Gasteiger partial charge >= 0.3 is 0 Å². The first kappa shape index (κ1) is 16.7. The maximum absolute atomic E-state index is 13.1. The second kappa shape index (κ2) is 6.86. The van der Waals surface area contributed by atoms with Crippen LogP contribution in [-0.2, 0) is 4.74 Å². The molecular formula is C19H20N2O2S2. The number of benzene rings is 1. The molecule has 1 saturated heterocycles. The fourth-order valence-corrected chi connectivity index (χ4v) is 5.07. The van der Waals surface area contributed by atoms with Crippen LogP contribution in [0.4, 0.5) is 5.13 Å². The van der Waals surface area contributed by atoms with E-state index >= 15 is 0 Å². The number of thiophene rings is 1. The molecule has 1 aliphatic rings.